The highest BCUT2D eigenvalue weighted by Gasteiger charge is 2.13. The Bertz CT molecular complexity index is 593. The lowest BCUT2D eigenvalue weighted by molar-refractivity contribution is 0.411. The molecule has 0 bridgehead atoms. The van der Waals surface area contributed by atoms with Crippen molar-refractivity contribution >= 4 is 15.7 Å². The standard InChI is InChI=1S/C10H12N4O3S/c11-13-8-1-3-10(4-2-8)18(15,16)12-7-9-5-6-17-14-9/h1-6,12-13H,7,11H2. The second kappa shape index (κ2) is 5.17. The van der Waals surface area contributed by atoms with Crippen LogP contribution in [0.5, 0.6) is 0 Å². The summed E-state index contributed by atoms with van der Waals surface area (Å²) in [7, 11) is -3.56. The Labute approximate surface area is 104 Å². The van der Waals surface area contributed by atoms with E-state index in [9.17, 15) is 8.42 Å². The van der Waals surface area contributed by atoms with Crippen molar-refractivity contribution in [3.8, 4) is 0 Å². The summed E-state index contributed by atoms with van der Waals surface area (Å²) in [5.74, 6) is 5.20. The Morgan fingerprint density at radius 2 is 1.94 bits per heavy atom. The molecule has 0 unspecified atom stereocenters. The minimum absolute atomic E-state index is 0.0791. The van der Waals surface area contributed by atoms with E-state index in [1.807, 2.05) is 0 Å². The fraction of sp³-hybridized carbons (Fsp3) is 0.100. The van der Waals surface area contributed by atoms with Gasteiger partial charge in [0.2, 0.25) is 10.0 Å². The smallest absolute Gasteiger partial charge is 0.240 e. The predicted molar refractivity (Wildman–Crippen MR) is 64.8 cm³/mol. The Balaban J connectivity index is 2.09. The number of hydrogen-bond donors (Lipinski definition) is 3. The Hall–Kier alpha value is -1.90. The maximum atomic E-state index is 11.9. The van der Waals surface area contributed by atoms with Gasteiger partial charge < -0.3 is 9.95 Å². The summed E-state index contributed by atoms with van der Waals surface area (Å²) in [4.78, 5) is 0.157. The molecule has 1 aromatic heterocycles. The zero-order valence-corrected chi connectivity index (χ0v) is 10.1. The first kappa shape index (κ1) is 12.6. The summed E-state index contributed by atoms with van der Waals surface area (Å²) < 4.78 is 30.8. The van der Waals surface area contributed by atoms with Crippen molar-refractivity contribution in [1.29, 1.82) is 0 Å². The largest absolute Gasteiger partial charge is 0.364 e. The second-order valence-corrected chi connectivity index (χ2v) is 5.25. The topological polar surface area (TPSA) is 110 Å². The number of nitrogen functional groups attached to an aromatic ring is 1. The lowest BCUT2D eigenvalue weighted by Gasteiger charge is -2.06. The summed E-state index contributed by atoms with van der Waals surface area (Å²) in [6.07, 6.45) is 1.38. The van der Waals surface area contributed by atoms with Gasteiger partial charge in [-0.2, -0.15) is 0 Å². The van der Waals surface area contributed by atoms with E-state index in [4.69, 9.17) is 5.84 Å². The molecule has 0 aliphatic rings. The van der Waals surface area contributed by atoms with Gasteiger partial charge in [-0.25, -0.2) is 13.1 Å². The fourth-order valence-corrected chi connectivity index (χ4v) is 2.31. The molecule has 1 aromatic carbocycles. The van der Waals surface area contributed by atoms with E-state index in [1.54, 1.807) is 18.2 Å². The van der Waals surface area contributed by atoms with E-state index in [0.717, 1.165) is 0 Å². The van der Waals surface area contributed by atoms with Crippen molar-refractivity contribution in [3.05, 3.63) is 42.3 Å². The third-order valence-electron chi connectivity index (χ3n) is 2.27. The Kier molecular flexibility index (Phi) is 3.60. The van der Waals surface area contributed by atoms with Gasteiger partial charge in [0.05, 0.1) is 17.1 Å². The van der Waals surface area contributed by atoms with Gasteiger partial charge in [-0.3, -0.25) is 5.84 Å². The van der Waals surface area contributed by atoms with Crippen molar-refractivity contribution < 1.29 is 12.9 Å². The monoisotopic (exact) mass is 268 g/mol. The number of hydrogen-bond acceptors (Lipinski definition) is 6. The van der Waals surface area contributed by atoms with Crippen molar-refractivity contribution in [3.63, 3.8) is 0 Å². The molecule has 7 nitrogen and oxygen atoms in total. The van der Waals surface area contributed by atoms with E-state index >= 15 is 0 Å². The van der Waals surface area contributed by atoms with Crippen LogP contribution in [-0.2, 0) is 16.6 Å². The van der Waals surface area contributed by atoms with Crippen LogP contribution in [0.1, 0.15) is 5.69 Å². The lowest BCUT2D eigenvalue weighted by atomic mass is 10.3. The molecule has 2 rings (SSSR count). The molecule has 0 amide bonds. The number of hydrazine groups is 1. The summed E-state index contributed by atoms with van der Waals surface area (Å²) in [6, 6.07) is 7.65. The quantitative estimate of drug-likeness (QED) is 0.536. The molecule has 0 aliphatic heterocycles. The molecule has 0 radical (unpaired) electrons. The highest BCUT2D eigenvalue weighted by Crippen LogP contribution is 2.13. The molecule has 0 saturated heterocycles. The minimum Gasteiger partial charge on any atom is -0.364 e. The molecule has 18 heavy (non-hydrogen) atoms. The highest BCUT2D eigenvalue weighted by atomic mass is 32.2. The van der Waals surface area contributed by atoms with Crippen molar-refractivity contribution in [2.45, 2.75) is 11.4 Å². The van der Waals surface area contributed by atoms with Gasteiger partial charge in [-0.05, 0) is 24.3 Å². The van der Waals surface area contributed by atoms with Crippen LogP contribution in [0.4, 0.5) is 5.69 Å². The van der Waals surface area contributed by atoms with Gasteiger partial charge in [0.1, 0.15) is 6.26 Å². The number of anilines is 1. The van der Waals surface area contributed by atoms with Gasteiger partial charge in [0, 0.05) is 11.8 Å². The number of nitrogens with zero attached hydrogens (tertiary/aromatic N) is 1. The van der Waals surface area contributed by atoms with Crippen LogP contribution < -0.4 is 16.0 Å². The second-order valence-electron chi connectivity index (χ2n) is 3.48. The first-order valence-corrected chi connectivity index (χ1v) is 6.56. The number of nitrogens with one attached hydrogen (secondary N) is 2. The summed E-state index contributed by atoms with van der Waals surface area (Å²) in [5, 5.41) is 3.61. The number of benzene rings is 1. The first-order chi connectivity index (χ1) is 8.62. The van der Waals surface area contributed by atoms with Crippen LogP contribution in [0, 0.1) is 0 Å². The summed E-state index contributed by atoms with van der Waals surface area (Å²) >= 11 is 0. The van der Waals surface area contributed by atoms with Gasteiger partial charge in [-0.1, -0.05) is 5.16 Å². The summed E-state index contributed by atoms with van der Waals surface area (Å²) in [6.45, 7) is 0.0791. The van der Waals surface area contributed by atoms with Crippen LogP contribution in [0.3, 0.4) is 0 Å². The van der Waals surface area contributed by atoms with Crippen LogP contribution in [0.25, 0.3) is 0 Å². The molecular weight excluding hydrogens is 256 g/mol. The predicted octanol–water partition coefficient (Wildman–Crippen LogP) is 0.439. The zero-order valence-electron chi connectivity index (χ0n) is 9.33. The molecule has 2 aromatic rings. The van der Waals surface area contributed by atoms with E-state index in [1.165, 1.54) is 18.4 Å². The average molecular weight is 268 g/mol. The number of sulfonamides is 1. The zero-order chi connectivity index (χ0) is 13.0. The first-order valence-electron chi connectivity index (χ1n) is 5.07. The average Bonchev–Trinajstić information content (AvgIpc) is 2.90. The normalized spacial score (nSPS) is 11.4. The fourth-order valence-electron chi connectivity index (χ4n) is 1.31. The third kappa shape index (κ3) is 2.86. The van der Waals surface area contributed by atoms with E-state index in [2.05, 4.69) is 19.8 Å². The van der Waals surface area contributed by atoms with E-state index in [0.29, 0.717) is 11.4 Å². The maximum absolute atomic E-state index is 11.9. The van der Waals surface area contributed by atoms with Crippen molar-refractivity contribution in [2.24, 2.45) is 5.84 Å². The lowest BCUT2D eigenvalue weighted by Crippen LogP contribution is -2.23. The van der Waals surface area contributed by atoms with Crippen LogP contribution in [0.15, 0.2) is 46.0 Å². The number of aromatic nitrogens is 1. The van der Waals surface area contributed by atoms with Crippen LogP contribution in [-0.4, -0.2) is 13.6 Å². The maximum Gasteiger partial charge on any atom is 0.240 e. The molecule has 0 spiro atoms. The van der Waals surface area contributed by atoms with Gasteiger partial charge in [0.25, 0.3) is 0 Å². The minimum atomic E-state index is -3.56. The van der Waals surface area contributed by atoms with Gasteiger partial charge in [-0.15, -0.1) is 0 Å². The molecule has 0 fully saturated rings. The van der Waals surface area contributed by atoms with Crippen molar-refractivity contribution in [2.75, 3.05) is 5.43 Å². The molecule has 96 valence electrons. The molecular formula is C10H12N4O3S. The molecule has 0 atom stereocenters. The van der Waals surface area contributed by atoms with Crippen molar-refractivity contribution in [1.82, 2.24) is 9.88 Å². The van der Waals surface area contributed by atoms with Crippen LogP contribution in [0.2, 0.25) is 0 Å². The Morgan fingerprint density at radius 1 is 1.22 bits per heavy atom. The number of rotatable bonds is 5. The Morgan fingerprint density at radius 3 is 2.50 bits per heavy atom. The van der Waals surface area contributed by atoms with E-state index < -0.39 is 10.0 Å². The summed E-state index contributed by atoms with van der Waals surface area (Å²) in [5.41, 5.74) is 3.57. The molecule has 0 saturated carbocycles. The third-order valence-corrected chi connectivity index (χ3v) is 3.68. The highest BCUT2D eigenvalue weighted by molar-refractivity contribution is 7.89. The van der Waals surface area contributed by atoms with Crippen LogP contribution >= 0.6 is 0 Å². The van der Waals surface area contributed by atoms with Gasteiger partial charge >= 0.3 is 0 Å². The SMILES string of the molecule is NNc1ccc(S(=O)(=O)NCc2ccon2)cc1. The molecule has 4 N–H and O–H groups in total. The van der Waals surface area contributed by atoms with E-state index in [-0.39, 0.29) is 11.4 Å². The molecule has 0 aliphatic carbocycles. The number of nitrogens with two attached hydrogens (primary N) is 1. The molecule has 1 heterocycles. The molecule has 8 heteroatoms. The van der Waals surface area contributed by atoms with Gasteiger partial charge in [0.15, 0.2) is 0 Å².